The molecule has 0 bridgehead atoms. The smallest absolute Gasteiger partial charge is 0.180 e. The first-order chi connectivity index (χ1) is 8.16. The number of nitrogens with one attached hydrogen (secondary N) is 1. The maximum absolute atomic E-state index is 5.64. The summed E-state index contributed by atoms with van der Waals surface area (Å²) in [7, 11) is 0. The number of rotatable bonds is 5. The van der Waals surface area contributed by atoms with Crippen LogP contribution in [0.3, 0.4) is 0 Å². The molecule has 2 aromatic rings. The maximum atomic E-state index is 5.64. The van der Waals surface area contributed by atoms with E-state index in [9.17, 15) is 0 Å². The number of nitrogens with two attached hydrogens (primary N) is 1. The predicted molar refractivity (Wildman–Crippen MR) is 71.2 cm³/mol. The second-order valence-electron chi connectivity index (χ2n) is 4.51. The summed E-state index contributed by atoms with van der Waals surface area (Å²) in [5.41, 5.74) is 6.92. The van der Waals surface area contributed by atoms with Gasteiger partial charge in [0.25, 0.3) is 0 Å². The Morgan fingerprint density at radius 2 is 2.06 bits per heavy atom. The van der Waals surface area contributed by atoms with E-state index in [1.54, 1.807) is 11.3 Å². The number of aromatic amines is 1. The molecular formula is C12H18N4S. The van der Waals surface area contributed by atoms with Crippen LogP contribution >= 0.6 is 11.3 Å². The quantitative estimate of drug-likeness (QED) is 0.856. The molecule has 92 valence electrons. The van der Waals surface area contributed by atoms with E-state index in [0.717, 1.165) is 12.8 Å². The summed E-state index contributed by atoms with van der Waals surface area (Å²) in [4.78, 5) is 5.38. The second kappa shape index (κ2) is 5.31. The summed E-state index contributed by atoms with van der Waals surface area (Å²) in [6.45, 7) is 4.47. The van der Waals surface area contributed by atoms with Gasteiger partial charge in [-0.3, -0.25) is 5.10 Å². The number of anilines is 1. The molecule has 2 unspecified atom stereocenters. The summed E-state index contributed by atoms with van der Waals surface area (Å²) in [6, 6.07) is 0. The second-order valence-corrected chi connectivity index (χ2v) is 5.61. The van der Waals surface area contributed by atoms with Crippen LogP contribution in [-0.2, 0) is 0 Å². The molecule has 0 saturated carbocycles. The largest absolute Gasteiger partial charge is 0.375 e. The SMILES string of the molecule is CC(CCC(C)c1cnc(N)s1)c1cn[nH]c1. The Balaban J connectivity index is 1.86. The molecule has 0 spiro atoms. The van der Waals surface area contributed by atoms with Crippen LogP contribution < -0.4 is 5.73 Å². The molecule has 0 radical (unpaired) electrons. The first-order valence-electron chi connectivity index (χ1n) is 5.86. The Hall–Kier alpha value is -1.36. The topological polar surface area (TPSA) is 67.6 Å². The lowest BCUT2D eigenvalue weighted by Gasteiger charge is -2.12. The first-order valence-corrected chi connectivity index (χ1v) is 6.68. The van der Waals surface area contributed by atoms with Gasteiger partial charge in [0.05, 0.1) is 6.20 Å². The van der Waals surface area contributed by atoms with Crippen LogP contribution in [-0.4, -0.2) is 15.2 Å². The average molecular weight is 250 g/mol. The van der Waals surface area contributed by atoms with Crippen molar-refractivity contribution >= 4 is 16.5 Å². The Labute approximate surface area is 105 Å². The molecule has 0 fully saturated rings. The van der Waals surface area contributed by atoms with E-state index in [1.807, 2.05) is 18.6 Å². The van der Waals surface area contributed by atoms with E-state index in [-0.39, 0.29) is 0 Å². The Morgan fingerprint density at radius 3 is 2.65 bits per heavy atom. The van der Waals surface area contributed by atoms with Gasteiger partial charge in [-0.2, -0.15) is 5.10 Å². The molecule has 17 heavy (non-hydrogen) atoms. The van der Waals surface area contributed by atoms with Gasteiger partial charge in [0, 0.05) is 17.3 Å². The van der Waals surface area contributed by atoms with Crippen molar-refractivity contribution in [2.75, 3.05) is 5.73 Å². The average Bonchev–Trinajstić information content (AvgIpc) is 2.95. The summed E-state index contributed by atoms with van der Waals surface area (Å²) in [5.74, 6) is 1.07. The van der Waals surface area contributed by atoms with Gasteiger partial charge in [0.15, 0.2) is 5.13 Å². The fourth-order valence-electron chi connectivity index (χ4n) is 1.87. The van der Waals surface area contributed by atoms with Crippen LogP contribution in [0.5, 0.6) is 0 Å². The van der Waals surface area contributed by atoms with Gasteiger partial charge in [-0.25, -0.2) is 4.98 Å². The highest BCUT2D eigenvalue weighted by molar-refractivity contribution is 7.15. The van der Waals surface area contributed by atoms with Crippen molar-refractivity contribution < 1.29 is 0 Å². The van der Waals surface area contributed by atoms with Crippen molar-refractivity contribution in [3.8, 4) is 0 Å². The highest BCUT2D eigenvalue weighted by Gasteiger charge is 2.12. The van der Waals surface area contributed by atoms with Crippen molar-refractivity contribution in [3.63, 3.8) is 0 Å². The minimum atomic E-state index is 0.527. The van der Waals surface area contributed by atoms with Crippen molar-refractivity contribution in [2.45, 2.75) is 38.5 Å². The van der Waals surface area contributed by atoms with Gasteiger partial charge < -0.3 is 5.73 Å². The zero-order valence-corrected chi connectivity index (χ0v) is 11.0. The van der Waals surface area contributed by atoms with Gasteiger partial charge >= 0.3 is 0 Å². The summed E-state index contributed by atoms with van der Waals surface area (Å²) in [6.07, 6.45) is 8.07. The maximum Gasteiger partial charge on any atom is 0.180 e. The molecule has 0 aliphatic carbocycles. The third-order valence-corrected chi connectivity index (χ3v) is 4.21. The lowest BCUT2D eigenvalue weighted by molar-refractivity contribution is 0.578. The lowest BCUT2D eigenvalue weighted by Crippen LogP contribution is -1.96. The lowest BCUT2D eigenvalue weighted by atomic mass is 9.94. The third-order valence-electron chi connectivity index (χ3n) is 3.15. The van der Waals surface area contributed by atoms with E-state index in [1.165, 1.54) is 10.4 Å². The van der Waals surface area contributed by atoms with Crippen LogP contribution in [0.15, 0.2) is 18.6 Å². The van der Waals surface area contributed by atoms with Crippen molar-refractivity contribution in [2.24, 2.45) is 0 Å². The number of hydrogen-bond acceptors (Lipinski definition) is 4. The van der Waals surface area contributed by atoms with Crippen LogP contribution in [0, 0.1) is 0 Å². The van der Waals surface area contributed by atoms with Gasteiger partial charge in [-0.1, -0.05) is 13.8 Å². The molecule has 5 heteroatoms. The molecular weight excluding hydrogens is 232 g/mol. The van der Waals surface area contributed by atoms with Crippen molar-refractivity contribution in [3.05, 3.63) is 29.0 Å². The first kappa shape index (κ1) is 12.1. The zero-order valence-electron chi connectivity index (χ0n) is 10.2. The molecule has 0 aromatic carbocycles. The van der Waals surface area contributed by atoms with E-state index in [2.05, 4.69) is 29.0 Å². The van der Waals surface area contributed by atoms with Crippen LogP contribution in [0.2, 0.25) is 0 Å². The van der Waals surface area contributed by atoms with E-state index in [0.29, 0.717) is 17.0 Å². The number of nitrogen functional groups attached to an aromatic ring is 1. The summed E-state index contributed by atoms with van der Waals surface area (Å²) < 4.78 is 0. The van der Waals surface area contributed by atoms with Crippen LogP contribution in [0.25, 0.3) is 0 Å². The van der Waals surface area contributed by atoms with E-state index < -0.39 is 0 Å². The van der Waals surface area contributed by atoms with Gasteiger partial charge in [0.1, 0.15) is 0 Å². The molecule has 0 saturated heterocycles. The Morgan fingerprint density at radius 1 is 1.29 bits per heavy atom. The fourth-order valence-corrected chi connectivity index (χ4v) is 2.64. The van der Waals surface area contributed by atoms with Gasteiger partial charge in [-0.05, 0) is 30.2 Å². The van der Waals surface area contributed by atoms with E-state index >= 15 is 0 Å². The molecule has 2 rings (SSSR count). The standard InChI is InChI=1S/C12H18N4S/c1-8(10-5-15-16-6-10)3-4-9(2)11-7-14-12(13)17-11/h5-9H,3-4H2,1-2H3,(H2,13,14)(H,15,16). The van der Waals surface area contributed by atoms with Crippen molar-refractivity contribution in [1.29, 1.82) is 0 Å². The van der Waals surface area contributed by atoms with Crippen LogP contribution in [0.4, 0.5) is 5.13 Å². The molecule has 0 aliphatic rings. The highest BCUT2D eigenvalue weighted by atomic mass is 32.1. The molecule has 2 atom stereocenters. The molecule has 0 aliphatic heterocycles. The number of H-pyrrole nitrogens is 1. The highest BCUT2D eigenvalue weighted by Crippen LogP contribution is 2.30. The third kappa shape index (κ3) is 3.06. The van der Waals surface area contributed by atoms with Gasteiger partial charge in [0.2, 0.25) is 0 Å². The molecule has 2 heterocycles. The molecule has 0 amide bonds. The zero-order chi connectivity index (χ0) is 12.3. The minimum absolute atomic E-state index is 0.527. The molecule has 3 N–H and O–H groups in total. The fraction of sp³-hybridized carbons (Fsp3) is 0.500. The minimum Gasteiger partial charge on any atom is -0.375 e. The normalized spacial score (nSPS) is 14.7. The van der Waals surface area contributed by atoms with Crippen molar-refractivity contribution in [1.82, 2.24) is 15.2 Å². The van der Waals surface area contributed by atoms with Gasteiger partial charge in [-0.15, -0.1) is 11.3 Å². The monoisotopic (exact) mass is 250 g/mol. The van der Waals surface area contributed by atoms with E-state index in [4.69, 9.17) is 5.73 Å². The molecule has 4 nitrogen and oxygen atoms in total. The number of hydrogen-bond donors (Lipinski definition) is 2. The summed E-state index contributed by atoms with van der Waals surface area (Å²) >= 11 is 1.59. The molecule has 2 aromatic heterocycles. The Kier molecular flexibility index (Phi) is 3.78. The number of aromatic nitrogens is 3. The summed E-state index contributed by atoms with van der Waals surface area (Å²) in [5, 5.41) is 7.50. The van der Waals surface area contributed by atoms with Crippen LogP contribution in [0.1, 0.15) is 49.0 Å². The Bertz CT molecular complexity index is 449. The predicted octanol–water partition coefficient (Wildman–Crippen LogP) is 3.14. The number of thiazole rings is 1. The number of nitrogens with zero attached hydrogens (tertiary/aromatic N) is 2.